The van der Waals surface area contributed by atoms with Gasteiger partial charge in [-0.25, -0.2) is 0 Å². The molecule has 0 aromatic heterocycles. The molecule has 12 nitrogen and oxygen atoms in total. The molecular weight excluding hydrogens is 542 g/mol. The first-order valence-electron chi connectivity index (χ1n) is 14.3. The topological polar surface area (TPSA) is 203 Å². The Bertz CT molecular complexity index is 1400. The van der Waals surface area contributed by atoms with Crippen molar-refractivity contribution in [3.63, 3.8) is 0 Å². The molecule has 0 bridgehead atoms. The van der Waals surface area contributed by atoms with Crippen LogP contribution in [0.5, 0.6) is 5.75 Å². The second kappa shape index (κ2) is 11.0. The van der Waals surface area contributed by atoms with Crippen molar-refractivity contribution in [3.8, 4) is 5.75 Å². The predicted molar refractivity (Wildman–Crippen MR) is 157 cm³/mol. The number of hydrogen-bond acceptors (Lipinski definition) is 11. The summed E-state index contributed by atoms with van der Waals surface area (Å²) in [5.41, 5.74) is 8.24. The lowest BCUT2D eigenvalue weighted by molar-refractivity contribution is -0.148. The zero-order valence-electron chi connectivity index (χ0n) is 25.1. The number of nitrogens with zero attached hydrogens (tertiary/aromatic N) is 2. The van der Waals surface area contributed by atoms with Crippen LogP contribution in [0.3, 0.4) is 0 Å². The Hall–Kier alpha value is -3.45. The summed E-state index contributed by atoms with van der Waals surface area (Å²) in [6.45, 7) is 5.22. The van der Waals surface area contributed by atoms with Crippen molar-refractivity contribution in [2.75, 3.05) is 39.6 Å². The number of ketones is 2. The standard InChI is InChI=1S/C30H43N5O7/c1-7-14(8-2)12-33-13-15-9-18(34(3)4)16-10-29(32)11-17-22(35(5)6)25(38)20(28(31)41)26(39)30(17,42)27(40)21(29)24(37)19(16)23(15)36/h9,14,17,22,33,36,38,40,42H,7-8,10-13,32H2,1-6H3,(H2,31,41)/t17-,22?,29+,30+/m0/s1. The van der Waals surface area contributed by atoms with Crippen molar-refractivity contribution in [2.45, 2.75) is 63.3 Å². The molecule has 1 aromatic rings. The zero-order valence-corrected chi connectivity index (χ0v) is 25.1. The summed E-state index contributed by atoms with van der Waals surface area (Å²) in [6.07, 6.45) is 1.78. The lowest BCUT2D eigenvalue weighted by Crippen LogP contribution is -2.68. The molecular formula is C30H43N5O7. The van der Waals surface area contributed by atoms with Crippen LogP contribution in [0.1, 0.15) is 54.6 Å². The number of carbonyl (C=O) groups excluding carboxylic acids is 3. The molecule has 1 unspecified atom stereocenters. The highest BCUT2D eigenvalue weighted by Gasteiger charge is 2.66. The molecule has 0 heterocycles. The van der Waals surface area contributed by atoms with E-state index in [1.807, 2.05) is 4.90 Å². The fraction of sp³-hybridized carbons (Fsp3) is 0.567. The molecule has 0 radical (unpaired) electrons. The van der Waals surface area contributed by atoms with Gasteiger partial charge in [0.05, 0.1) is 22.7 Å². The van der Waals surface area contributed by atoms with Gasteiger partial charge in [-0.1, -0.05) is 26.7 Å². The van der Waals surface area contributed by atoms with Crippen molar-refractivity contribution >= 4 is 23.2 Å². The van der Waals surface area contributed by atoms with Gasteiger partial charge < -0.3 is 42.1 Å². The minimum Gasteiger partial charge on any atom is -0.510 e. The summed E-state index contributed by atoms with van der Waals surface area (Å²) in [4.78, 5) is 43.3. The van der Waals surface area contributed by atoms with E-state index in [9.17, 15) is 34.8 Å². The Morgan fingerprint density at radius 2 is 1.76 bits per heavy atom. The van der Waals surface area contributed by atoms with Crippen LogP contribution in [0, 0.1) is 11.8 Å². The Morgan fingerprint density at radius 3 is 2.29 bits per heavy atom. The van der Waals surface area contributed by atoms with Crippen molar-refractivity contribution in [2.24, 2.45) is 23.3 Å². The highest BCUT2D eigenvalue weighted by Crippen LogP contribution is 2.54. The first kappa shape index (κ1) is 31.5. The molecule has 42 heavy (non-hydrogen) atoms. The van der Waals surface area contributed by atoms with Gasteiger partial charge in [0, 0.05) is 37.8 Å². The number of primary amides is 1. The summed E-state index contributed by atoms with van der Waals surface area (Å²) in [7, 11) is 6.75. The quantitative estimate of drug-likeness (QED) is 0.202. The summed E-state index contributed by atoms with van der Waals surface area (Å²) in [6, 6.07) is 0.680. The number of phenols is 1. The van der Waals surface area contributed by atoms with Crippen molar-refractivity contribution < 1.29 is 34.8 Å². The number of nitrogens with one attached hydrogen (secondary N) is 1. The minimum absolute atomic E-state index is 0.00986. The Balaban J connectivity index is 1.91. The molecule has 4 atom stereocenters. The normalized spacial score (nSPS) is 27.4. The molecule has 4 rings (SSSR count). The van der Waals surface area contributed by atoms with E-state index >= 15 is 0 Å². The summed E-state index contributed by atoms with van der Waals surface area (Å²) >= 11 is 0. The van der Waals surface area contributed by atoms with Crippen LogP contribution in [0.2, 0.25) is 0 Å². The fourth-order valence-corrected chi connectivity index (χ4v) is 6.98. The third-order valence-corrected chi connectivity index (χ3v) is 9.30. The van der Waals surface area contributed by atoms with E-state index in [2.05, 4.69) is 19.2 Å². The van der Waals surface area contributed by atoms with Crippen LogP contribution in [-0.4, -0.2) is 94.7 Å². The molecule has 12 heteroatoms. The van der Waals surface area contributed by atoms with Crippen LogP contribution in [0.25, 0.3) is 0 Å². The van der Waals surface area contributed by atoms with Crippen molar-refractivity contribution in [1.29, 1.82) is 0 Å². The van der Waals surface area contributed by atoms with E-state index in [4.69, 9.17) is 11.5 Å². The zero-order chi connectivity index (χ0) is 31.5. The lowest BCUT2D eigenvalue weighted by Gasteiger charge is -2.53. The number of carbonyl (C=O) groups is 3. The Morgan fingerprint density at radius 1 is 1.14 bits per heavy atom. The second-order valence-electron chi connectivity index (χ2n) is 12.3. The third-order valence-electron chi connectivity index (χ3n) is 9.30. The molecule has 1 aromatic carbocycles. The second-order valence-corrected chi connectivity index (χ2v) is 12.3. The molecule has 3 aliphatic rings. The Kier molecular flexibility index (Phi) is 8.24. The Labute approximate surface area is 245 Å². The molecule has 0 aliphatic heterocycles. The van der Waals surface area contributed by atoms with E-state index in [1.54, 1.807) is 34.3 Å². The van der Waals surface area contributed by atoms with Crippen molar-refractivity contribution in [3.05, 3.63) is 45.4 Å². The number of hydrogen-bond donors (Lipinski definition) is 7. The molecule has 0 spiro atoms. The molecule has 230 valence electrons. The number of aliphatic hydroxyl groups excluding tert-OH is 2. The van der Waals surface area contributed by atoms with Gasteiger partial charge in [0.25, 0.3) is 5.91 Å². The van der Waals surface area contributed by atoms with Crippen LogP contribution >= 0.6 is 0 Å². The van der Waals surface area contributed by atoms with Crippen LogP contribution in [-0.2, 0) is 22.6 Å². The average Bonchev–Trinajstić information content (AvgIpc) is 2.89. The van der Waals surface area contributed by atoms with Gasteiger partial charge in [0.2, 0.25) is 5.78 Å². The SMILES string of the molecule is CCC(CC)CNCc1cc(N(C)C)c2c(c1O)C(=O)C1=C(O)[C@]3(O)C(=O)C(C(N)=O)=C(O)C(N(C)C)[C@@H]3C[C@]1(N)C2. The summed E-state index contributed by atoms with van der Waals surface area (Å²) in [5.74, 6) is -6.08. The van der Waals surface area contributed by atoms with E-state index in [0.717, 1.165) is 19.4 Å². The van der Waals surface area contributed by atoms with E-state index in [-0.39, 0.29) is 30.7 Å². The number of aromatic hydroxyl groups is 1. The van der Waals surface area contributed by atoms with Crippen molar-refractivity contribution in [1.82, 2.24) is 10.2 Å². The number of rotatable bonds is 9. The number of aliphatic hydroxyl groups is 3. The van der Waals surface area contributed by atoms with Crippen LogP contribution < -0.4 is 21.7 Å². The maximum Gasteiger partial charge on any atom is 0.255 e. The van der Waals surface area contributed by atoms with Gasteiger partial charge in [0.15, 0.2) is 11.4 Å². The van der Waals surface area contributed by atoms with Gasteiger partial charge in [-0.2, -0.15) is 0 Å². The highest BCUT2D eigenvalue weighted by molar-refractivity contribution is 6.25. The maximum absolute atomic E-state index is 14.2. The van der Waals surface area contributed by atoms with Gasteiger partial charge in [-0.05, 0) is 51.0 Å². The lowest BCUT2D eigenvalue weighted by atomic mass is 9.56. The number of anilines is 1. The molecule has 3 aliphatic carbocycles. The number of Topliss-reactive ketones (excluding diaryl/α,β-unsaturated/α-hetero) is 2. The third kappa shape index (κ3) is 4.57. The smallest absolute Gasteiger partial charge is 0.255 e. The van der Waals surface area contributed by atoms with E-state index in [0.29, 0.717) is 22.7 Å². The average molecular weight is 586 g/mol. The van der Waals surface area contributed by atoms with E-state index < -0.39 is 63.2 Å². The summed E-state index contributed by atoms with van der Waals surface area (Å²) < 4.78 is 0. The fourth-order valence-electron chi connectivity index (χ4n) is 6.98. The monoisotopic (exact) mass is 585 g/mol. The molecule has 1 amide bonds. The van der Waals surface area contributed by atoms with Gasteiger partial charge in [-0.15, -0.1) is 0 Å². The first-order valence-corrected chi connectivity index (χ1v) is 14.3. The molecule has 0 fully saturated rings. The van der Waals surface area contributed by atoms with Gasteiger partial charge >= 0.3 is 0 Å². The number of benzene rings is 1. The number of fused-ring (bicyclic) bond motifs is 3. The van der Waals surface area contributed by atoms with Crippen LogP contribution in [0.4, 0.5) is 5.69 Å². The maximum atomic E-state index is 14.2. The van der Waals surface area contributed by atoms with Gasteiger partial charge in [-0.3, -0.25) is 19.3 Å². The number of nitrogens with two attached hydrogens (primary N) is 2. The molecule has 9 N–H and O–H groups in total. The number of phenolic OH excluding ortho intramolecular Hbond substituents is 1. The van der Waals surface area contributed by atoms with Gasteiger partial charge in [0.1, 0.15) is 22.8 Å². The number of amides is 1. The molecule has 0 saturated heterocycles. The van der Waals surface area contributed by atoms with E-state index in [1.165, 1.54) is 4.90 Å². The predicted octanol–water partition coefficient (Wildman–Crippen LogP) is 0.794. The number of likely N-dealkylation sites (N-methyl/N-ethyl adjacent to an activating group) is 1. The summed E-state index contributed by atoms with van der Waals surface area (Å²) in [5, 5.41) is 49.2. The largest absolute Gasteiger partial charge is 0.510 e. The highest BCUT2D eigenvalue weighted by atomic mass is 16.3. The minimum atomic E-state index is -2.76. The molecule has 0 saturated carbocycles. The first-order chi connectivity index (χ1) is 19.6. The van der Waals surface area contributed by atoms with Crippen LogP contribution in [0.15, 0.2) is 28.7 Å².